The van der Waals surface area contributed by atoms with Crippen LogP contribution in [0.1, 0.15) is 50.0 Å². The zero-order valence-electron chi connectivity index (χ0n) is 18.9. The molecule has 31 heavy (non-hydrogen) atoms. The van der Waals surface area contributed by atoms with Gasteiger partial charge in [-0.15, -0.1) is 24.0 Å². The Morgan fingerprint density at radius 1 is 1.23 bits per heavy atom. The summed E-state index contributed by atoms with van der Waals surface area (Å²) < 4.78 is 10.8. The number of ether oxygens (including phenoxy) is 1. The van der Waals surface area contributed by atoms with Gasteiger partial charge in [0.2, 0.25) is 5.89 Å². The molecule has 176 valence electrons. The summed E-state index contributed by atoms with van der Waals surface area (Å²) in [5, 5.41) is 3.32. The third kappa shape index (κ3) is 7.81. The molecule has 0 aromatic carbocycles. The van der Waals surface area contributed by atoms with E-state index in [1.54, 1.807) is 4.90 Å². The van der Waals surface area contributed by atoms with Crippen LogP contribution in [0.3, 0.4) is 0 Å². The van der Waals surface area contributed by atoms with Crippen molar-refractivity contribution < 1.29 is 13.9 Å². The Kier molecular flexibility index (Phi) is 10.3. The van der Waals surface area contributed by atoms with Crippen molar-refractivity contribution in [1.29, 1.82) is 0 Å². The molecular formula is C21H37IN6O3. The lowest BCUT2D eigenvalue weighted by atomic mass is 9.97. The fourth-order valence-electron chi connectivity index (χ4n) is 4.03. The first-order chi connectivity index (χ1) is 14.4. The van der Waals surface area contributed by atoms with Crippen molar-refractivity contribution in [3.8, 4) is 0 Å². The lowest BCUT2D eigenvalue weighted by Gasteiger charge is -2.32. The van der Waals surface area contributed by atoms with Gasteiger partial charge in [-0.3, -0.25) is 9.89 Å². The number of halogens is 1. The van der Waals surface area contributed by atoms with Crippen LogP contribution in [0.5, 0.6) is 0 Å². The summed E-state index contributed by atoms with van der Waals surface area (Å²) in [4.78, 5) is 25.0. The Morgan fingerprint density at radius 2 is 1.90 bits per heavy atom. The van der Waals surface area contributed by atoms with E-state index in [1.807, 2.05) is 20.8 Å². The Hall–Kier alpha value is -1.56. The molecule has 3 rings (SSSR count). The molecule has 9 nitrogen and oxygen atoms in total. The van der Waals surface area contributed by atoms with Crippen molar-refractivity contribution in [2.45, 2.75) is 59.0 Å². The van der Waals surface area contributed by atoms with Crippen molar-refractivity contribution in [3.63, 3.8) is 0 Å². The number of nitrogens with one attached hydrogen (secondary N) is 1. The van der Waals surface area contributed by atoms with Gasteiger partial charge >= 0.3 is 6.09 Å². The van der Waals surface area contributed by atoms with Gasteiger partial charge in [0.1, 0.15) is 5.76 Å². The van der Waals surface area contributed by atoms with Crippen LogP contribution in [0, 0.1) is 19.8 Å². The zero-order chi connectivity index (χ0) is 21.5. The summed E-state index contributed by atoms with van der Waals surface area (Å²) >= 11 is 0. The number of carbonyl (C=O) groups excluding carboxylic acids is 1. The van der Waals surface area contributed by atoms with Crippen molar-refractivity contribution in [1.82, 2.24) is 20.1 Å². The highest BCUT2D eigenvalue weighted by atomic mass is 127. The first kappa shape index (κ1) is 25.7. The maximum Gasteiger partial charge on any atom is 0.409 e. The topological polar surface area (TPSA) is 109 Å². The fourth-order valence-corrected chi connectivity index (χ4v) is 4.03. The Labute approximate surface area is 202 Å². The predicted octanol–water partition coefficient (Wildman–Crippen LogP) is 2.65. The minimum Gasteiger partial charge on any atom is -0.450 e. The molecular weight excluding hydrogens is 511 g/mol. The number of carbonyl (C=O) groups is 1. The second-order valence-electron chi connectivity index (χ2n) is 8.30. The number of hydrogen-bond acceptors (Lipinski definition) is 6. The Morgan fingerprint density at radius 3 is 2.48 bits per heavy atom. The third-order valence-corrected chi connectivity index (χ3v) is 6.03. The van der Waals surface area contributed by atoms with Gasteiger partial charge in [0.05, 0.1) is 18.8 Å². The molecule has 2 fully saturated rings. The molecule has 3 heterocycles. The van der Waals surface area contributed by atoms with E-state index in [0.29, 0.717) is 31.6 Å². The first-order valence-corrected chi connectivity index (χ1v) is 11.1. The minimum absolute atomic E-state index is 0. The monoisotopic (exact) mass is 548 g/mol. The highest BCUT2D eigenvalue weighted by molar-refractivity contribution is 14.0. The summed E-state index contributed by atoms with van der Waals surface area (Å²) in [5.41, 5.74) is 7.09. The number of rotatable bonds is 6. The van der Waals surface area contributed by atoms with Crippen LogP contribution in [0.15, 0.2) is 9.41 Å². The molecule has 1 aromatic heterocycles. The molecule has 2 saturated heterocycles. The number of guanidine groups is 1. The fraction of sp³-hybridized carbons (Fsp3) is 0.762. The molecule has 2 aliphatic rings. The molecule has 10 heteroatoms. The highest BCUT2D eigenvalue weighted by Crippen LogP contribution is 2.20. The van der Waals surface area contributed by atoms with Gasteiger partial charge in [-0.25, -0.2) is 9.78 Å². The zero-order valence-corrected chi connectivity index (χ0v) is 21.3. The Balaban J connectivity index is 0.00000341. The maximum atomic E-state index is 11.8. The van der Waals surface area contributed by atoms with E-state index in [1.165, 1.54) is 0 Å². The molecule has 1 amide bonds. The van der Waals surface area contributed by atoms with Gasteiger partial charge in [-0.1, -0.05) is 0 Å². The molecule has 3 N–H and O–H groups in total. The number of hydrogen-bond donors (Lipinski definition) is 2. The van der Waals surface area contributed by atoms with Crippen LogP contribution in [-0.2, 0) is 11.3 Å². The molecule has 0 spiro atoms. The number of oxazole rings is 1. The Bertz CT molecular complexity index is 705. The molecule has 0 unspecified atom stereocenters. The average Bonchev–Trinajstić information content (AvgIpc) is 3.05. The van der Waals surface area contributed by atoms with E-state index in [0.717, 1.165) is 69.2 Å². The lowest BCUT2D eigenvalue weighted by Crippen LogP contribution is -2.48. The van der Waals surface area contributed by atoms with E-state index in [4.69, 9.17) is 14.9 Å². The van der Waals surface area contributed by atoms with Crippen molar-refractivity contribution in [3.05, 3.63) is 17.3 Å². The normalized spacial score (nSPS) is 19.2. The van der Waals surface area contributed by atoms with Crippen molar-refractivity contribution >= 4 is 36.0 Å². The third-order valence-electron chi connectivity index (χ3n) is 6.03. The van der Waals surface area contributed by atoms with Crippen LogP contribution >= 0.6 is 24.0 Å². The van der Waals surface area contributed by atoms with Crippen molar-refractivity contribution in [2.24, 2.45) is 16.6 Å². The van der Waals surface area contributed by atoms with Gasteiger partial charge in [0.15, 0.2) is 5.96 Å². The number of piperidine rings is 2. The second-order valence-corrected chi connectivity index (χ2v) is 8.30. The van der Waals surface area contributed by atoms with Crippen LogP contribution in [0.4, 0.5) is 4.79 Å². The van der Waals surface area contributed by atoms with E-state index in [9.17, 15) is 4.79 Å². The van der Waals surface area contributed by atoms with E-state index in [2.05, 4.69) is 20.2 Å². The van der Waals surface area contributed by atoms with E-state index in [-0.39, 0.29) is 36.1 Å². The van der Waals surface area contributed by atoms with Gasteiger partial charge in [-0.05, 0) is 65.5 Å². The summed E-state index contributed by atoms with van der Waals surface area (Å²) in [6.45, 7) is 11.1. The summed E-state index contributed by atoms with van der Waals surface area (Å²) in [5.74, 6) is 2.78. The van der Waals surface area contributed by atoms with E-state index >= 15 is 0 Å². The molecule has 0 bridgehead atoms. The highest BCUT2D eigenvalue weighted by Gasteiger charge is 2.24. The van der Waals surface area contributed by atoms with Crippen LogP contribution < -0.4 is 11.1 Å². The largest absolute Gasteiger partial charge is 0.450 e. The summed E-state index contributed by atoms with van der Waals surface area (Å²) in [6, 6.07) is 0.258. The second kappa shape index (κ2) is 12.5. The molecule has 0 atom stereocenters. The average molecular weight is 548 g/mol. The number of aryl methyl sites for hydroxylation is 2. The number of aromatic nitrogens is 1. The van der Waals surface area contributed by atoms with Gasteiger partial charge in [0, 0.05) is 25.7 Å². The van der Waals surface area contributed by atoms with E-state index < -0.39 is 0 Å². The van der Waals surface area contributed by atoms with Crippen LogP contribution in [0.25, 0.3) is 0 Å². The molecule has 0 saturated carbocycles. The predicted molar refractivity (Wildman–Crippen MR) is 131 cm³/mol. The molecule has 2 aliphatic heterocycles. The SMILES string of the molecule is CCOC(=O)N1CCC(NC(N)=NCC2CCN(Cc3nc(C)c(C)o3)CC2)CC1.I. The van der Waals surface area contributed by atoms with Crippen LogP contribution in [-0.4, -0.2) is 72.2 Å². The lowest BCUT2D eigenvalue weighted by molar-refractivity contribution is 0.0963. The number of likely N-dealkylation sites (tertiary alicyclic amines) is 2. The first-order valence-electron chi connectivity index (χ1n) is 11.1. The summed E-state index contributed by atoms with van der Waals surface area (Å²) in [6.07, 6.45) is 3.69. The van der Waals surface area contributed by atoms with Crippen molar-refractivity contribution in [2.75, 3.05) is 39.3 Å². The standard InChI is InChI=1S/C21H36N6O3.HI/c1-4-29-21(28)27-11-7-18(8-12-27)25-20(22)23-13-17-5-9-26(10-6-17)14-19-24-15(2)16(3)30-19;/h17-18H,4-14H2,1-3H3,(H3,22,23,25);1H. The van der Waals surface area contributed by atoms with Gasteiger partial charge < -0.3 is 25.1 Å². The van der Waals surface area contributed by atoms with Gasteiger partial charge in [0.25, 0.3) is 0 Å². The van der Waals surface area contributed by atoms with Crippen LogP contribution in [0.2, 0.25) is 0 Å². The molecule has 0 radical (unpaired) electrons. The van der Waals surface area contributed by atoms with Gasteiger partial charge in [-0.2, -0.15) is 0 Å². The maximum absolute atomic E-state index is 11.8. The smallest absolute Gasteiger partial charge is 0.409 e. The molecule has 1 aromatic rings. The number of aliphatic imine (C=N–C) groups is 1. The number of amides is 1. The summed E-state index contributed by atoms with van der Waals surface area (Å²) in [7, 11) is 0. The quantitative estimate of drug-likeness (QED) is 0.320. The minimum atomic E-state index is -0.225. The molecule has 0 aliphatic carbocycles. The number of nitrogens with two attached hydrogens (primary N) is 1. The number of nitrogens with zero attached hydrogens (tertiary/aromatic N) is 4.